The maximum Gasteiger partial charge on any atom is 0.411 e. The molecule has 1 aliphatic rings. The van der Waals surface area contributed by atoms with E-state index >= 15 is 0 Å². The molecule has 206 valence electrons. The summed E-state index contributed by atoms with van der Waals surface area (Å²) in [6.45, 7) is 9.83. The van der Waals surface area contributed by atoms with Crippen molar-refractivity contribution in [3.8, 4) is 11.5 Å². The lowest BCUT2D eigenvalue weighted by molar-refractivity contribution is 0.153. The Morgan fingerprint density at radius 1 is 1.05 bits per heavy atom. The second-order valence-electron chi connectivity index (χ2n) is 8.73. The second kappa shape index (κ2) is 14.6. The zero-order valence-corrected chi connectivity index (χ0v) is 23.7. The highest BCUT2D eigenvalue weighted by atomic mass is 32.2. The number of anilines is 1. The highest BCUT2D eigenvalue weighted by Crippen LogP contribution is 2.33. The van der Waals surface area contributed by atoms with Crippen molar-refractivity contribution in [3.63, 3.8) is 0 Å². The fourth-order valence-corrected chi connectivity index (χ4v) is 5.03. The third kappa shape index (κ3) is 7.88. The Balaban J connectivity index is 1.63. The molecule has 3 rings (SSSR count). The molecule has 2 aromatic rings. The molecule has 0 aromatic heterocycles. The van der Waals surface area contributed by atoms with Gasteiger partial charge in [0.15, 0.2) is 11.5 Å². The van der Waals surface area contributed by atoms with E-state index in [2.05, 4.69) is 24.1 Å². The average Bonchev–Trinajstić information content (AvgIpc) is 2.94. The lowest BCUT2D eigenvalue weighted by Crippen LogP contribution is -2.34. The van der Waals surface area contributed by atoms with Crippen molar-refractivity contribution in [2.45, 2.75) is 45.4 Å². The molecule has 0 saturated carbocycles. The largest absolute Gasteiger partial charge is 0.493 e. The standard InChI is InChI=1S/C28H38N4O5S/c1-6-25-26(21-12-15-23(35-4)24(18-21)36-5)30-32(28(34)38-25)19-20-10-13-22(14-11-20)29-27(33)37-17-9-16-31(7-2)8-3/h10-15,18,25H,6-9,16-17,19H2,1-5H3,(H,29,33). The molecule has 1 heterocycles. The third-order valence-electron chi connectivity index (χ3n) is 6.32. The van der Waals surface area contributed by atoms with Crippen LogP contribution in [0.5, 0.6) is 11.5 Å². The van der Waals surface area contributed by atoms with Crippen molar-refractivity contribution in [2.75, 3.05) is 45.8 Å². The van der Waals surface area contributed by atoms with Crippen molar-refractivity contribution in [1.29, 1.82) is 0 Å². The molecule has 0 aliphatic carbocycles. The van der Waals surface area contributed by atoms with Crippen molar-refractivity contribution >= 4 is 34.5 Å². The van der Waals surface area contributed by atoms with Gasteiger partial charge in [-0.3, -0.25) is 10.1 Å². The van der Waals surface area contributed by atoms with Crippen LogP contribution in [0.2, 0.25) is 0 Å². The Bertz CT molecular complexity index is 1100. The number of ether oxygens (including phenoxy) is 3. The summed E-state index contributed by atoms with van der Waals surface area (Å²) in [5.74, 6) is 1.25. The summed E-state index contributed by atoms with van der Waals surface area (Å²) in [6, 6.07) is 13.0. The highest BCUT2D eigenvalue weighted by molar-refractivity contribution is 8.14. The number of hydrazone groups is 1. The lowest BCUT2D eigenvalue weighted by atomic mass is 10.0. The Morgan fingerprint density at radius 2 is 1.76 bits per heavy atom. The predicted molar refractivity (Wildman–Crippen MR) is 153 cm³/mol. The Labute approximate surface area is 229 Å². The number of amides is 2. The van der Waals surface area contributed by atoms with Crippen LogP contribution in [0.3, 0.4) is 0 Å². The van der Waals surface area contributed by atoms with Gasteiger partial charge in [-0.15, -0.1) is 0 Å². The van der Waals surface area contributed by atoms with E-state index in [1.807, 2.05) is 37.3 Å². The van der Waals surface area contributed by atoms with Gasteiger partial charge in [0, 0.05) is 17.8 Å². The van der Waals surface area contributed by atoms with Gasteiger partial charge in [0.25, 0.3) is 0 Å². The fourth-order valence-electron chi connectivity index (χ4n) is 4.10. The van der Waals surface area contributed by atoms with Gasteiger partial charge in [-0.25, -0.2) is 9.80 Å². The molecule has 10 heteroatoms. The summed E-state index contributed by atoms with van der Waals surface area (Å²) in [4.78, 5) is 27.3. The summed E-state index contributed by atoms with van der Waals surface area (Å²) < 4.78 is 16.1. The minimum Gasteiger partial charge on any atom is -0.493 e. The molecular weight excluding hydrogens is 504 g/mol. The van der Waals surface area contributed by atoms with Crippen molar-refractivity contribution < 1.29 is 23.8 Å². The van der Waals surface area contributed by atoms with Crippen molar-refractivity contribution in [2.24, 2.45) is 5.10 Å². The van der Waals surface area contributed by atoms with Gasteiger partial charge in [-0.05, 0) is 61.8 Å². The number of benzene rings is 2. The van der Waals surface area contributed by atoms with E-state index in [9.17, 15) is 9.59 Å². The first kappa shape index (κ1) is 29.3. The van der Waals surface area contributed by atoms with Crippen LogP contribution in [-0.2, 0) is 11.3 Å². The van der Waals surface area contributed by atoms with Gasteiger partial charge in [-0.2, -0.15) is 5.10 Å². The van der Waals surface area contributed by atoms with E-state index < -0.39 is 6.09 Å². The molecule has 1 aliphatic heterocycles. The summed E-state index contributed by atoms with van der Waals surface area (Å²) in [6.07, 6.45) is 1.08. The first-order valence-electron chi connectivity index (χ1n) is 13.0. The van der Waals surface area contributed by atoms with E-state index in [4.69, 9.17) is 19.3 Å². The van der Waals surface area contributed by atoms with E-state index in [-0.39, 0.29) is 10.5 Å². The van der Waals surface area contributed by atoms with Crippen molar-refractivity contribution in [1.82, 2.24) is 9.91 Å². The number of carbonyl (C=O) groups excluding carboxylic acids is 2. The molecule has 0 radical (unpaired) electrons. The Kier molecular flexibility index (Phi) is 11.3. The summed E-state index contributed by atoms with van der Waals surface area (Å²) in [5, 5.41) is 8.82. The molecule has 0 fully saturated rings. The third-order valence-corrected chi connectivity index (χ3v) is 7.57. The zero-order valence-electron chi connectivity index (χ0n) is 22.9. The summed E-state index contributed by atoms with van der Waals surface area (Å²) in [5.41, 5.74) is 3.22. The SMILES string of the molecule is CCC1SC(=O)N(Cc2ccc(NC(=O)OCCCN(CC)CC)cc2)N=C1c1ccc(OC)c(OC)c1. The lowest BCUT2D eigenvalue weighted by Gasteiger charge is -2.28. The van der Waals surface area contributed by atoms with Gasteiger partial charge in [0.05, 0.1) is 38.3 Å². The van der Waals surface area contributed by atoms with Crippen molar-refractivity contribution in [3.05, 3.63) is 53.6 Å². The van der Waals surface area contributed by atoms with Crippen LogP contribution in [0.15, 0.2) is 47.6 Å². The number of nitrogens with one attached hydrogen (secondary N) is 1. The molecule has 1 atom stereocenters. The van der Waals surface area contributed by atoms with Crippen LogP contribution in [-0.4, -0.2) is 72.7 Å². The van der Waals surface area contributed by atoms with Crippen LogP contribution < -0.4 is 14.8 Å². The van der Waals surface area contributed by atoms with Crippen LogP contribution in [0.25, 0.3) is 0 Å². The Morgan fingerprint density at radius 3 is 2.39 bits per heavy atom. The molecule has 1 unspecified atom stereocenters. The van der Waals surface area contributed by atoms with Gasteiger partial charge in [0.2, 0.25) is 0 Å². The topological polar surface area (TPSA) is 92.7 Å². The van der Waals surface area contributed by atoms with E-state index in [0.29, 0.717) is 30.3 Å². The van der Waals surface area contributed by atoms with Gasteiger partial charge >= 0.3 is 11.3 Å². The number of thioether (sulfide) groups is 1. The number of methoxy groups -OCH3 is 2. The molecule has 9 nitrogen and oxygen atoms in total. The molecule has 2 amide bonds. The van der Waals surface area contributed by atoms with E-state index in [1.165, 1.54) is 16.8 Å². The summed E-state index contributed by atoms with van der Waals surface area (Å²) >= 11 is 1.27. The number of hydrogen-bond donors (Lipinski definition) is 1. The second-order valence-corrected chi connectivity index (χ2v) is 9.89. The van der Waals surface area contributed by atoms with E-state index in [1.54, 1.807) is 26.4 Å². The smallest absolute Gasteiger partial charge is 0.411 e. The summed E-state index contributed by atoms with van der Waals surface area (Å²) in [7, 11) is 3.19. The fraction of sp³-hybridized carbons (Fsp3) is 0.464. The van der Waals surface area contributed by atoms with Crippen LogP contribution in [0.1, 0.15) is 44.7 Å². The van der Waals surface area contributed by atoms with E-state index in [0.717, 1.165) is 49.3 Å². The average molecular weight is 543 g/mol. The number of hydrogen-bond acceptors (Lipinski definition) is 8. The minimum atomic E-state index is -0.477. The monoisotopic (exact) mass is 542 g/mol. The van der Waals surface area contributed by atoms with Gasteiger partial charge in [-0.1, -0.05) is 44.7 Å². The van der Waals surface area contributed by atoms with Crippen LogP contribution >= 0.6 is 11.8 Å². The molecule has 0 spiro atoms. The molecule has 1 N–H and O–H groups in total. The normalized spacial score (nSPS) is 15.3. The highest BCUT2D eigenvalue weighted by Gasteiger charge is 2.30. The van der Waals surface area contributed by atoms with Gasteiger partial charge in [0.1, 0.15) is 0 Å². The molecule has 2 aromatic carbocycles. The van der Waals surface area contributed by atoms with Crippen LogP contribution in [0, 0.1) is 0 Å². The maximum atomic E-state index is 12.8. The first-order valence-corrected chi connectivity index (χ1v) is 13.8. The molecule has 38 heavy (non-hydrogen) atoms. The maximum absolute atomic E-state index is 12.8. The zero-order chi connectivity index (χ0) is 27.5. The molecule has 0 bridgehead atoms. The van der Waals surface area contributed by atoms with Gasteiger partial charge < -0.3 is 19.1 Å². The van der Waals surface area contributed by atoms with Crippen LogP contribution in [0.4, 0.5) is 15.3 Å². The quantitative estimate of drug-likeness (QED) is 0.318. The number of nitrogens with zero attached hydrogens (tertiary/aromatic N) is 3. The first-order chi connectivity index (χ1) is 18.4. The minimum absolute atomic E-state index is 0.0542. The Hall–Kier alpha value is -3.24. The predicted octanol–water partition coefficient (Wildman–Crippen LogP) is 5.84. The molecule has 0 saturated heterocycles. The number of carbonyl (C=O) groups is 2. The molecular formula is C28H38N4O5S. The number of rotatable bonds is 13.